The maximum atomic E-state index is 2.45. The Morgan fingerprint density at radius 1 is 0.533 bits per heavy atom. The number of hydrogen-bond acceptors (Lipinski definition) is 1. The third kappa shape index (κ3) is 2.27. The second kappa shape index (κ2) is 6.04. The Labute approximate surface area is 179 Å². The highest BCUT2D eigenvalue weighted by molar-refractivity contribution is 7.26. The molecule has 1 heterocycles. The van der Waals surface area contributed by atoms with Crippen molar-refractivity contribution in [3.05, 3.63) is 108 Å². The van der Waals surface area contributed by atoms with Crippen molar-refractivity contribution >= 4 is 42.3 Å². The van der Waals surface area contributed by atoms with E-state index in [1.165, 1.54) is 64.3 Å². The summed E-state index contributed by atoms with van der Waals surface area (Å²) in [6, 6.07) is 35.9. The predicted octanol–water partition coefficient (Wildman–Crippen LogP) is 8.45. The van der Waals surface area contributed by atoms with Crippen molar-refractivity contribution in [1.82, 2.24) is 0 Å². The maximum absolute atomic E-state index is 2.45. The highest BCUT2D eigenvalue weighted by atomic mass is 32.1. The van der Waals surface area contributed by atoms with Gasteiger partial charge in [-0.05, 0) is 63.4 Å². The molecule has 0 aliphatic heterocycles. The van der Waals surface area contributed by atoms with Crippen LogP contribution in [0.4, 0.5) is 0 Å². The summed E-state index contributed by atoms with van der Waals surface area (Å²) in [7, 11) is 0. The summed E-state index contributed by atoms with van der Waals surface area (Å²) in [6.07, 6.45) is 1.03. The van der Waals surface area contributed by atoms with Gasteiger partial charge in [0.15, 0.2) is 0 Å². The molecule has 5 aromatic carbocycles. The highest BCUT2D eigenvalue weighted by Crippen LogP contribution is 2.44. The lowest BCUT2D eigenvalue weighted by Crippen LogP contribution is -1.82. The van der Waals surface area contributed by atoms with Gasteiger partial charge in [0.1, 0.15) is 0 Å². The first-order valence-corrected chi connectivity index (χ1v) is 11.2. The number of hydrogen-bond donors (Lipinski definition) is 0. The summed E-state index contributed by atoms with van der Waals surface area (Å²) in [4.78, 5) is 0. The Hall–Kier alpha value is -3.42. The van der Waals surface area contributed by atoms with Crippen molar-refractivity contribution in [3.63, 3.8) is 0 Å². The van der Waals surface area contributed by atoms with Crippen molar-refractivity contribution in [3.8, 4) is 22.3 Å². The largest absolute Gasteiger partial charge is 0.135 e. The Morgan fingerprint density at radius 3 is 2.30 bits per heavy atom. The standard InChI is InChI=1S/C29H18S/c1-2-6-18(7-3-1)19-10-11-20-14-22-15-21-12-13-24-23-8-4-5-9-28(23)30-29(24)27(21)17-26(22)25(20)16-19/h1-13,15-17H,14H2. The summed E-state index contributed by atoms with van der Waals surface area (Å²) in [5, 5.41) is 5.47. The molecule has 0 nitrogen and oxygen atoms in total. The summed E-state index contributed by atoms with van der Waals surface area (Å²) < 4.78 is 2.77. The van der Waals surface area contributed by atoms with Crippen LogP contribution in [-0.4, -0.2) is 0 Å². The van der Waals surface area contributed by atoms with Gasteiger partial charge in [0.2, 0.25) is 0 Å². The molecular formula is C29H18S. The fourth-order valence-corrected chi connectivity index (χ4v) is 6.22. The third-order valence-corrected chi connectivity index (χ3v) is 7.69. The lowest BCUT2D eigenvalue weighted by Gasteiger charge is -2.08. The second-order valence-corrected chi connectivity index (χ2v) is 9.24. The molecule has 0 amide bonds. The van der Waals surface area contributed by atoms with E-state index in [0.717, 1.165) is 6.42 Å². The third-order valence-electron chi connectivity index (χ3n) is 6.47. The molecule has 1 aliphatic rings. The molecule has 0 saturated carbocycles. The Morgan fingerprint density at radius 2 is 1.37 bits per heavy atom. The zero-order valence-corrected chi connectivity index (χ0v) is 17.2. The van der Waals surface area contributed by atoms with Crippen LogP contribution < -0.4 is 0 Å². The number of benzene rings is 5. The zero-order valence-electron chi connectivity index (χ0n) is 16.4. The van der Waals surface area contributed by atoms with E-state index in [1.54, 1.807) is 0 Å². The van der Waals surface area contributed by atoms with Gasteiger partial charge in [0, 0.05) is 25.6 Å². The zero-order chi connectivity index (χ0) is 19.7. The normalized spacial score (nSPS) is 12.5. The van der Waals surface area contributed by atoms with Gasteiger partial charge < -0.3 is 0 Å². The van der Waals surface area contributed by atoms with Gasteiger partial charge in [-0.2, -0.15) is 0 Å². The Bertz CT molecular complexity index is 1600. The average molecular weight is 399 g/mol. The van der Waals surface area contributed by atoms with Crippen LogP contribution in [-0.2, 0) is 6.42 Å². The van der Waals surface area contributed by atoms with Crippen LogP contribution in [0.5, 0.6) is 0 Å². The first-order valence-electron chi connectivity index (χ1n) is 10.4. The van der Waals surface area contributed by atoms with E-state index in [0.29, 0.717) is 0 Å². The topological polar surface area (TPSA) is 0 Å². The van der Waals surface area contributed by atoms with E-state index in [9.17, 15) is 0 Å². The van der Waals surface area contributed by atoms with Gasteiger partial charge in [-0.1, -0.05) is 78.9 Å². The minimum absolute atomic E-state index is 1.03. The summed E-state index contributed by atoms with van der Waals surface area (Å²) >= 11 is 1.92. The SMILES string of the molecule is c1ccc(-c2ccc3c(c2)-c2cc4c(ccc5c6ccccc6sc45)cc2C3)cc1. The summed E-state index contributed by atoms with van der Waals surface area (Å²) in [6.45, 7) is 0. The molecule has 1 aromatic heterocycles. The molecule has 6 aromatic rings. The minimum Gasteiger partial charge on any atom is -0.135 e. The van der Waals surface area contributed by atoms with Crippen molar-refractivity contribution in [2.75, 3.05) is 0 Å². The minimum atomic E-state index is 1.03. The molecule has 30 heavy (non-hydrogen) atoms. The predicted molar refractivity (Wildman–Crippen MR) is 131 cm³/mol. The Balaban J connectivity index is 1.50. The Kier molecular flexibility index (Phi) is 3.30. The van der Waals surface area contributed by atoms with Crippen LogP contribution in [0.15, 0.2) is 97.1 Å². The van der Waals surface area contributed by atoms with Crippen LogP contribution in [0.3, 0.4) is 0 Å². The monoisotopic (exact) mass is 398 g/mol. The number of thiophene rings is 1. The van der Waals surface area contributed by atoms with E-state index in [4.69, 9.17) is 0 Å². The molecule has 1 heteroatoms. The first kappa shape index (κ1) is 16.4. The quantitative estimate of drug-likeness (QED) is 0.260. The smallest absolute Gasteiger partial charge is 0.0434 e. The molecule has 0 bridgehead atoms. The molecule has 0 fully saturated rings. The molecule has 140 valence electrons. The summed E-state index contributed by atoms with van der Waals surface area (Å²) in [5.41, 5.74) is 8.26. The average Bonchev–Trinajstić information content (AvgIpc) is 3.35. The van der Waals surface area contributed by atoms with E-state index in [2.05, 4.69) is 97.1 Å². The van der Waals surface area contributed by atoms with Crippen molar-refractivity contribution in [1.29, 1.82) is 0 Å². The molecule has 7 rings (SSSR count). The van der Waals surface area contributed by atoms with Gasteiger partial charge in [-0.15, -0.1) is 11.3 Å². The van der Waals surface area contributed by atoms with Crippen LogP contribution >= 0.6 is 11.3 Å². The fraction of sp³-hybridized carbons (Fsp3) is 0.0345. The van der Waals surface area contributed by atoms with Gasteiger partial charge in [0.25, 0.3) is 0 Å². The van der Waals surface area contributed by atoms with Crippen LogP contribution in [0, 0.1) is 0 Å². The van der Waals surface area contributed by atoms with Gasteiger partial charge in [-0.25, -0.2) is 0 Å². The van der Waals surface area contributed by atoms with Gasteiger partial charge >= 0.3 is 0 Å². The molecule has 0 saturated heterocycles. The molecule has 0 N–H and O–H groups in total. The molecule has 1 aliphatic carbocycles. The van der Waals surface area contributed by atoms with Crippen molar-refractivity contribution < 1.29 is 0 Å². The fourth-order valence-electron chi connectivity index (χ4n) is 5.00. The number of rotatable bonds is 1. The van der Waals surface area contributed by atoms with Crippen LogP contribution in [0.25, 0.3) is 53.2 Å². The molecular weight excluding hydrogens is 380 g/mol. The first-order chi connectivity index (χ1) is 14.8. The van der Waals surface area contributed by atoms with Gasteiger partial charge in [-0.3, -0.25) is 0 Å². The highest BCUT2D eigenvalue weighted by Gasteiger charge is 2.21. The van der Waals surface area contributed by atoms with Gasteiger partial charge in [0.05, 0.1) is 0 Å². The number of fused-ring (bicyclic) bond motifs is 8. The molecule has 0 radical (unpaired) electrons. The molecule has 0 spiro atoms. The van der Waals surface area contributed by atoms with Crippen LogP contribution in [0.2, 0.25) is 0 Å². The van der Waals surface area contributed by atoms with E-state index in [-0.39, 0.29) is 0 Å². The lowest BCUT2D eigenvalue weighted by atomic mass is 9.97. The molecule has 0 unspecified atom stereocenters. The van der Waals surface area contributed by atoms with E-state index in [1.807, 2.05) is 11.3 Å². The second-order valence-electron chi connectivity index (χ2n) is 8.19. The lowest BCUT2D eigenvalue weighted by molar-refractivity contribution is 1.27. The van der Waals surface area contributed by atoms with Crippen LogP contribution in [0.1, 0.15) is 11.1 Å². The summed E-state index contributed by atoms with van der Waals surface area (Å²) in [5.74, 6) is 0. The van der Waals surface area contributed by atoms with Crippen molar-refractivity contribution in [2.24, 2.45) is 0 Å². The molecule has 0 atom stereocenters. The van der Waals surface area contributed by atoms with Crippen molar-refractivity contribution in [2.45, 2.75) is 6.42 Å². The van der Waals surface area contributed by atoms with E-state index >= 15 is 0 Å². The van der Waals surface area contributed by atoms with E-state index < -0.39 is 0 Å². The maximum Gasteiger partial charge on any atom is 0.0434 e.